The van der Waals surface area contributed by atoms with Gasteiger partial charge in [0.1, 0.15) is 11.6 Å². The fraction of sp³-hybridized carbons (Fsp3) is 0.179. The van der Waals surface area contributed by atoms with Crippen LogP contribution in [0, 0.1) is 6.92 Å². The van der Waals surface area contributed by atoms with Gasteiger partial charge in [-0.2, -0.15) is 0 Å². The first-order valence-corrected chi connectivity index (χ1v) is 12.2. The second-order valence-electron chi connectivity index (χ2n) is 8.48. The topological polar surface area (TPSA) is 64.4 Å². The number of aromatic nitrogens is 2. The Morgan fingerprint density at radius 1 is 0.943 bits per heavy atom. The van der Waals surface area contributed by atoms with Crippen LogP contribution in [0.1, 0.15) is 34.3 Å². The van der Waals surface area contributed by atoms with Gasteiger partial charge in [0.25, 0.3) is 5.56 Å². The zero-order chi connectivity index (χ0) is 24.4. The maximum absolute atomic E-state index is 13.8. The molecule has 1 aromatic heterocycles. The van der Waals surface area contributed by atoms with E-state index >= 15 is 0 Å². The van der Waals surface area contributed by atoms with Crippen molar-refractivity contribution in [3.63, 3.8) is 0 Å². The van der Waals surface area contributed by atoms with E-state index in [2.05, 4.69) is 15.9 Å². The Balaban J connectivity index is 1.48. The van der Waals surface area contributed by atoms with Crippen LogP contribution in [0.2, 0.25) is 0 Å². The van der Waals surface area contributed by atoms with Gasteiger partial charge in [0.15, 0.2) is 0 Å². The third kappa shape index (κ3) is 4.77. The van der Waals surface area contributed by atoms with Crippen LogP contribution in [0.25, 0.3) is 0 Å². The van der Waals surface area contributed by atoms with Crippen molar-refractivity contribution < 1.29 is 9.53 Å². The average Bonchev–Trinajstić information content (AvgIpc) is 2.88. The number of carbonyl (C=O) groups is 1. The Bertz CT molecular complexity index is 1360. The summed E-state index contributed by atoms with van der Waals surface area (Å²) in [6.07, 6.45) is -0.0271. The highest BCUT2D eigenvalue weighted by atomic mass is 79.9. The molecule has 0 N–H and O–H groups in total. The quantitative estimate of drug-likeness (QED) is 0.349. The van der Waals surface area contributed by atoms with E-state index in [1.54, 1.807) is 21.6 Å². The first kappa shape index (κ1) is 23.1. The van der Waals surface area contributed by atoms with Crippen molar-refractivity contribution in [2.24, 2.45) is 0 Å². The number of amides is 1. The Morgan fingerprint density at radius 2 is 1.54 bits per heavy atom. The number of hydrogen-bond acceptors (Lipinski definition) is 4. The predicted molar refractivity (Wildman–Crippen MR) is 138 cm³/mol. The monoisotopic (exact) mass is 529 g/mol. The first-order valence-electron chi connectivity index (χ1n) is 11.4. The van der Waals surface area contributed by atoms with Crippen LogP contribution in [-0.2, 0) is 13.0 Å². The summed E-state index contributed by atoms with van der Waals surface area (Å²) >= 11 is 3.37. The molecule has 1 amide bonds. The van der Waals surface area contributed by atoms with Crippen molar-refractivity contribution in [3.05, 3.63) is 128 Å². The molecule has 0 spiro atoms. The molecular weight excluding hydrogens is 506 g/mol. The normalized spacial score (nSPS) is 12.9. The number of fused-ring (bicyclic) bond motifs is 1. The average molecular weight is 530 g/mol. The first-order chi connectivity index (χ1) is 17.0. The second kappa shape index (κ2) is 9.88. The number of aryl methyl sites for hydroxylation is 1. The molecule has 0 saturated carbocycles. The van der Waals surface area contributed by atoms with Crippen LogP contribution in [-0.4, -0.2) is 27.1 Å². The lowest BCUT2D eigenvalue weighted by Crippen LogP contribution is -2.43. The standard InChI is InChI=1S/C28H24BrN3O3/c1-19-30-25-18-31(28(34)35-23-14-12-22(29)13-15-23)17-16-24(25)27(33)32(19)26(20-8-4-2-5-9-20)21-10-6-3-7-11-21/h2-15,26H,16-18H2,1H3. The number of halogens is 1. The van der Waals surface area contributed by atoms with Crippen LogP contribution in [0.4, 0.5) is 4.79 Å². The number of carbonyl (C=O) groups excluding carboxylic acids is 1. The summed E-state index contributed by atoms with van der Waals surface area (Å²) in [6, 6.07) is 26.8. The van der Waals surface area contributed by atoms with E-state index in [1.165, 1.54) is 0 Å². The van der Waals surface area contributed by atoms with E-state index in [9.17, 15) is 9.59 Å². The lowest BCUT2D eigenvalue weighted by Gasteiger charge is -2.30. The fourth-order valence-corrected chi connectivity index (χ4v) is 4.77. The molecule has 1 aliphatic rings. The lowest BCUT2D eigenvalue weighted by atomic mass is 9.97. The molecule has 0 radical (unpaired) electrons. The Labute approximate surface area is 211 Å². The zero-order valence-electron chi connectivity index (χ0n) is 19.2. The van der Waals surface area contributed by atoms with Crippen LogP contribution in [0.15, 0.2) is 94.2 Å². The third-order valence-corrected chi connectivity index (χ3v) is 6.74. The molecule has 4 aromatic rings. The van der Waals surface area contributed by atoms with Crippen LogP contribution < -0.4 is 10.3 Å². The molecule has 0 aliphatic carbocycles. The maximum atomic E-state index is 13.8. The number of rotatable bonds is 4. The molecule has 3 aromatic carbocycles. The van der Waals surface area contributed by atoms with E-state index < -0.39 is 6.09 Å². The SMILES string of the molecule is Cc1nc2c(c(=O)n1C(c1ccccc1)c1ccccc1)CCN(C(=O)Oc1ccc(Br)cc1)C2. The highest BCUT2D eigenvalue weighted by molar-refractivity contribution is 9.10. The summed E-state index contributed by atoms with van der Waals surface area (Å²) in [7, 11) is 0. The largest absolute Gasteiger partial charge is 0.415 e. The van der Waals surface area contributed by atoms with Gasteiger partial charge >= 0.3 is 6.09 Å². The van der Waals surface area contributed by atoms with Crippen molar-refractivity contribution >= 4 is 22.0 Å². The summed E-state index contributed by atoms with van der Waals surface area (Å²) in [5.74, 6) is 1.08. The number of benzene rings is 3. The smallest absolute Gasteiger partial charge is 0.410 e. The van der Waals surface area contributed by atoms with Gasteiger partial charge < -0.3 is 9.64 Å². The minimum atomic E-state index is -0.451. The van der Waals surface area contributed by atoms with Gasteiger partial charge in [-0.05, 0) is 48.7 Å². The van der Waals surface area contributed by atoms with Gasteiger partial charge in [-0.25, -0.2) is 9.78 Å². The molecule has 0 unspecified atom stereocenters. The van der Waals surface area contributed by atoms with E-state index in [0.717, 1.165) is 15.6 Å². The highest BCUT2D eigenvalue weighted by Gasteiger charge is 2.29. The Kier molecular flexibility index (Phi) is 6.51. The highest BCUT2D eigenvalue weighted by Crippen LogP contribution is 2.27. The van der Waals surface area contributed by atoms with Gasteiger partial charge in [0.2, 0.25) is 0 Å². The molecule has 7 heteroatoms. The molecule has 0 saturated heterocycles. The van der Waals surface area contributed by atoms with Crippen LogP contribution in [0.3, 0.4) is 0 Å². The number of nitrogens with zero attached hydrogens (tertiary/aromatic N) is 3. The van der Waals surface area contributed by atoms with E-state index in [-0.39, 0.29) is 18.1 Å². The Morgan fingerprint density at radius 3 is 2.14 bits per heavy atom. The summed E-state index contributed by atoms with van der Waals surface area (Å²) in [4.78, 5) is 33.0. The van der Waals surface area contributed by atoms with Crippen molar-refractivity contribution in [1.82, 2.24) is 14.5 Å². The summed E-state index contributed by atoms with van der Waals surface area (Å²) in [5, 5.41) is 0. The minimum absolute atomic E-state index is 0.0638. The molecule has 1 aliphatic heterocycles. The fourth-order valence-electron chi connectivity index (χ4n) is 4.51. The van der Waals surface area contributed by atoms with Gasteiger partial charge in [0, 0.05) is 16.6 Å². The van der Waals surface area contributed by atoms with Crippen LogP contribution in [0.5, 0.6) is 5.75 Å². The lowest BCUT2D eigenvalue weighted by molar-refractivity contribution is 0.145. The van der Waals surface area contributed by atoms with Gasteiger partial charge in [0.05, 0.1) is 18.3 Å². The van der Waals surface area contributed by atoms with Gasteiger partial charge in [-0.15, -0.1) is 0 Å². The second-order valence-corrected chi connectivity index (χ2v) is 9.39. The Hall–Kier alpha value is -3.71. The van der Waals surface area contributed by atoms with E-state index in [4.69, 9.17) is 9.72 Å². The van der Waals surface area contributed by atoms with Gasteiger partial charge in [-0.1, -0.05) is 76.6 Å². The van der Waals surface area contributed by atoms with E-state index in [0.29, 0.717) is 35.8 Å². The molecule has 2 heterocycles. The van der Waals surface area contributed by atoms with Crippen molar-refractivity contribution in [1.29, 1.82) is 0 Å². The van der Waals surface area contributed by atoms with Crippen molar-refractivity contribution in [3.8, 4) is 5.75 Å². The molecule has 176 valence electrons. The maximum Gasteiger partial charge on any atom is 0.415 e. The van der Waals surface area contributed by atoms with E-state index in [1.807, 2.05) is 79.7 Å². The van der Waals surface area contributed by atoms with Gasteiger partial charge in [-0.3, -0.25) is 9.36 Å². The summed E-state index contributed by atoms with van der Waals surface area (Å²) in [5.41, 5.74) is 3.25. The molecule has 0 bridgehead atoms. The number of hydrogen-bond donors (Lipinski definition) is 0. The summed E-state index contributed by atoms with van der Waals surface area (Å²) < 4.78 is 8.20. The summed E-state index contributed by atoms with van der Waals surface area (Å²) in [6.45, 7) is 2.48. The molecule has 0 atom stereocenters. The molecule has 6 nitrogen and oxygen atoms in total. The molecule has 35 heavy (non-hydrogen) atoms. The predicted octanol–water partition coefficient (Wildman–Crippen LogP) is 5.51. The van der Waals surface area contributed by atoms with Crippen molar-refractivity contribution in [2.75, 3.05) is 6.54 Å². The molecule has 0 fully saturated rings. The molecular formula is C28H24BrN3O3. The molecule has 5 rings (SSSR count). The third-order valence-electron chi connectivity index (χ3n) is 6.21. The number of ether oxygens (including phenoxy) is 1. The van der Waals surface area contributed by atoms with Crippen molar-refractivity contribution in [2.45, 2.75) is 25.9 Å². The van der Waals surface area contributed by atoms with Crippen LogP contribution >= 0.6 is 15.9 Å². The zero-order valence-corrected chi connectivity index (χ0v) is 20.8. The minimum Gasteiger partial charge on any atom is -0.410 e.